The number of rotatable bonds is 5. The third-order valence-electron chi connectivity index (χ3n) is 13.4. The van der Waals surface area contributed by atoms with Crippen LogP contribution >= 0.6 is 0 Å². The molecule has 1 aromatic heterocycles. The molecule has 0 saturated carbocycles. The molecule has 12 aromatic carbocycles. The molecule has 0 bridgehead atoms. The molecule has 0 atom stereocenters. The van der Waals surface area contributed by atoms with E-state index in [1.54, 1.807) is 0 Å². The highest BCUT2D eigenvalue weighted by molar-refractivity contribution is 6.32. The average Bonchev–Trinajstić information content (AvgIpc) is 3.69. The predicted molar refractivity (Wildman–Crippen MR) is 270 cm³/mol. The first-order valence-corrected chi connectivity index (χ1v) is 21.9. The molecule has 0 spiro atoms. The second-order valence-corrected chi connectivity index (χ2v) is 16.7. The highest BCUT2D eigenvalue weighted by atomic mass is 15.0. The van der Waals surface area contributed by atoms with Gasteiger partial charge in [0.1, 0.15) is 0 Å². The third-order valence-corrected chi connectivity index (χ3v) is 13.4. The van der Waals surface area contributed by atoms with Gasteiger partial charge in [-0.3, -0.25) is 0 Å². The van der Waals surface area contributed by atoms with Crippen LogP contribution in [0.25, 0.3) is 126 Å². The lowest BCUT2D eigenvalue weighted by Gasteiger charge is -2.23. The van der Waals surface area contributed by atoms with Crippen molar-refractivity contribution in [3.63, 3.8) is 0 Å². The fraction of sp³-hybridized carbons (Fsp3) is 0. The quantitative estimate of drug-likeness (QED) is 0.121. The summed E-state index contributed by atoms with van der Waals surface area (Å²) in [6.07, 6.45) is 0. The van der Waals surface area contributed by atoms with Gasteiger partial charge in [0.25, 0.3) is 0 Å². The number of para-hydroxylation sites is 2. The zero-order valence-corrected chi connectivity index (χ0v) is 34.5. The summed E-state index contributed by atoms with van der Waals surface area (Å²) in [5, 5.41) is 15.1. The largest absolute Gasteiger partial charge is 0.309 e. The minimum Gasteiger partial charge on any atom is -0.309 e. The van der Waals surface area contributed by atoms with Gasteiger partial charge in [0.2, 0.25) is 0 Å². The van der Waals surface area contributed by atoms with Gasteiger partial charge in [0.15, 0.2) is 0 Å². The van der Waals surface area contributed by atoms with Gasteiger partial charge in [-0.05, 0) is 129 Å². The SMILES string of the molecule is c1ccc(-c2cccc(-c3ccc4c(c3)c3ccccc3n4-c3ccccc3)c2-c2c3ccccc3c(-c3cccc4c5ccccc5c5ccccc5c34)c3ccccc23)cc1. The summed E-state index contributed by atoms with van der Waals surface area (Å²) in [5.74, 6) is 0. The molecule has 1 nitrogen and oxygen atoms in total. The zero-order chi connectivity index (χ0) is 41.4. The molecule has 0 aliphatic heterocycles. The van der Waals surface area contributed by atoms with Crippen molar-refractivity contribution < 1.29 is 0 Å². The fourth-order valence-electron chi connectivity index (χ4n) is 10.8. The van der Waals surface area contributed by atoms with Gasteiger partial charge in [-0.25, -0.2) is 0 Å². The van der Waals surface area contributed by atoms with E-state index in [1.807, 2.05) is 0 Å². The first-order valence-electron chi connectivity index (χ1n) is 21.9. The molecule has 0 saturated heterocycles. The van der Waals surface area contributed by atoms with Crippen LogP contribution in [0.1, 0.15) is 0 Å². The Balaban J connectivity index is 1.15. The van der Waals surface area contributed by atoms with Gasteiger partial charge < -0.3 is 4.57 Å². The average molecular weight is 798 g/mol. The van der Waals surface area contributed by atoms with E-state index >= 15 is 0 Å². The minimum atomic E-state index is 1.16. The topological polar surface area (TPSA) is 4.93 Å². The summed E-state index contributed by atoms with van der Waals surface area (Å²) in [6, 6.07) is 87.4. The van der Waals surface area contributed by atoms with Crippen LogP contribution in [0.4, 0.5) is 0 Å². The van der Waals surface area contributed by atoms with Gasteiger partial charge in [-0.15, -0.1) is 0 Å². The number of hydrogen-bond acceptors (Lipinski definition) is 0. The van der Waals surface area contributed by atoms with E-state index in [2.05, 4.69) is 241 Å². The Kier molecular flexibility index (Phi) is 7.98. The molecule has 0 fully saturated rings. The van der Waals surface area contributed by atoms with Gasteiger partial charge in [-0.1, -0.05) is 206 Å². The third kappa shape index (κ3) is 5.37. The molecule has 1 heterocycles. The molecule has 0 amide bonds. The standard InChI is InChI=1S/C62H39N/c1-3-19-40(20-4-1)43-32-17-33-44(41-37-38-58-56(39-41)48-26-15-16-36-57(48)63(58)42-21-5-2-6-22-42)61(43)62-53-30-13-11-28-51(53)60(52-29-12-14-31-54(52)62)55-35-18-34-50-47-24-8-7-23-45(47)46-25-9-10-27-49(46)59(50)55/h1-39H. The van der Waals surface area contributed by atoms with E-state index in [1.165, 1.54) is 120 Å². The van der Waals surface area contributed by atoms with Gasteiger partial charge in [0, 0.05) is 16.5 Å². The summed E-state index contributed by atoms with van der Waals surface area (Å²) in [7, 11) is 0. The van der Waals surface area contributed by atoms with Gasteiger partial charge >= 0.3 is 0 Å². The Bertz CT molecular complexity index is 3850. The molecular formula is C62H39N. The molecular weight excluding hydrogens is 759 g/mol. The molecule has 0 aliphatic carbocycles. The molecule has 1 heteroatoms. The predicted octanol–water partition coefficient (Wildman–Crippen LogP) is 17.2. The first kappa shape index (κ1) is 35.5. The van der Waals surface area contributed by atoms with E-state index < -0.39 is 0 Å². The molecule has 0 aliphatic rings. The van der Waals surface area contributed by atoms with Crippen molar-refractivity contribution in [2.45, 2.75) is 0 Å². The van der Waals surface area contributed by atoms with Crippen LogP contribution in [0, 0.1) is 0 Å². The van der Waals surface area contributed by atoms with Crippen molar-refractivity contribution in [3.8, 4) is 50.2 Å². The van der Waals surface area contributed by atoms with E-state index in [4.69, 9.17) is 0 Å². The Morgan fingerprint density at radius 2 is 0.651 bits per heavy atom. The van der Waals surface area contributed by atoms with Crippen LogP contribution in [0.2, 0.25) is 0 Å². The van der Waals surface area contributed by atoms with Crippen molar-refractivity contribution >= 4 is 75.7 Å². The summed E-state index contributed by atoms with van der Waals surface area (Å²) in [5.41, 5.74) is 13.4. The van der Waals surface area contributed by atoms with Crippen molar-refractivity contribution in [1.82, 2.24) is 4.57 Å². The number of nitrogens with zero attached hydrogens (tertiary/aromatic N) is 1. The first-order chi connectivity index (χ1) is 31.3. The molecule has 13 aromatic rings. The normalized spacial score (nSPS) is 11.8. The highest BCUT2D eigenvalue weighted by Gasteiger charge is 2.24. The fourth-order valence-corrected chi connectivity index (χ4v) is 10.8. The van der Waals surface area contributed by atoms with E-state index in [0.717, 1.165) is 5.69 Å². The Hall–Kier alpha value is -8.26. The molecule has 292 valence electrons. The number of fused-ring (bicyclic) bond motifs is 11. The number of hydrogen-bond donors (Lipinski definition) is 0. The lowest BCUT2D eigenvalue weighted by molar-refractivity contribution is 1.18. The van der Waals surface area contributed by atoms with Crippen molar-refractivity contribution in [2.24, 2.45) is 0 Å². The Labute approximate surface area is 365 Å². The maximum absolute atomic E-state index is 2.43. The summed E-state index contributed by atoms with van der Waals surface area (Å²) >= 11 is 0. The van der Waals surface area contributed by atoms with E-state index in [-0.39, 0.29) is 0 Å². The Morgan fingerprint density at radius 3 is 1.29 bits per heavy atom. The van der Waals surface area contributed by atoms with Crippen molar-refractivity contribution in [3.05, 3.63) is 237 Å². The molecule has 0 unspecified atom stereocenters. The van der Waals surface area contributed by atoms with E-state index in [0.29, 0.717) is 0 Å². The lowest BCUT2D eigenvalue weighted by Crippen LogP contribution is -1.96. The lowest BCUT2D eigenvalue weighted by atomic mass is 9.80. The summed E-state index contributed by atoms with van der Waals surface area (Å²) < 4.78 is 2.40. The smallest absolute Gasteiger partial charge is 0.0541 e. The zero-order valence-electron chi connectivity index (χ0n) is 34.5. The highest BCUT2D eigenvalue weighted by Crippen LogP contribution is 2.51. The van der Waals surface area contributed by atoms with Crippen LogP contribution in [0.15, 0.2) is 237 Å². The summed E-state index contributed by atoms with van der Waals surface area (Å²) in [6.45, 7) is 0. The second kappa shape index (κ2) is 14.2. The van der Waals surface area contributed by atoms with Crippen molar-refractivity contribution in [2.75, 3.05) is 0 Å². The monoisotopic (exact) mass is 797 g/mol. The van der Waals surface area contributed by atoms with Gasteiger partial charge in [0.05, 0.1) is 11.0 Å². The minimum absolute atomic E-state index is 1.16. The van der Waals surface area contributed by atoms with E-state index in [9.17, 15) is 0 Å². The maximum atomic E-state index is 2.43. The number of benzene rings is 12. The molecule has 63 heavy (non-hydrogen) atoms. The Morgan fingerprint density at radius 1 is 0.222 bits per heavy atom. The number of aromatic nitrogens is 1. The molecule has 13 rings (SSSR count). The second-order valence-electron chi connectivity index (χ2n) is 16.7. The van der Waals surface area contributed by atoms with Gasteiger partial charge in [-0.2, -0.15) is 0 Å². The van der Waals surface area contributed by atoms with Crippen LogP contribution in [-0.2, 0) is 0 Å². The molecule has 0 N–H and O–H groups in total. The maximum Gasteiger partial charge on any atom is 0.0541 e. The summed E-state index contributed by atoms with van der Waals surface area (Å²) in [4.78, 5) is 0. The van der Waals surface area contributed by atoms with Crippen LogP contribution in [0.3, 0.4) is 0 Å². The van der Waals surface area contributed by atoms with Crippen LogP contribution < -0.4 is 0 Å². The van der Waals surface area contributed by atoms with Crippen LogP contribution in [-0.4, -0.2) is 4.57 Å². The molecule has 0 radical (unpaired) electrons. The van der Waals surface area contributed by atoms with Crippen molar-refractivity contribution in [1.29, 1.82) is 0 Å². The van der Waals surface area contributed by atoms with Crippen LogP contribution in [0.5, 0.6) is 0 Å².